The smallest absolute Gasteiger partial charge is 0.234 e. The van der Waals surface area contributed by atoms with E-state index in [0.717, 1.165) is 41.2 Å². The molecule has 0 radical (unpaired) electrons. The number of thiazole rings is 1. The van der Waals surface area contributed by atoms with E-state index >= 15 is 0 Å². The second-order valence-electron chi connectivity index (χ2n) is 7.49. The van der Waals surface area contributed by atoms with Crippen molar-refractivity contribution in [2.24, 2.45) is 0 Å². The van der Waals surface area contributed by atoms with Gasteiger partial charge in [-0.15, -0.1) is 11.3 Å². The molecule has 1 aliphatic heterocycles. The molecule has 28 heavy (non-hydrogen) atoms. The Morgan fingerprint density at radius 2 is 2.00 bits per heavy atom. The first kappa shape index (κ1) is 18.9. The maximum atomic E-state index is 12.5. The first-order valence-electron chi connectivity index (χ1n) is 9.72. The molecule has 0 aliphatic carbocycles. The van der Waals surface area contributed by atoms with Crippen molar-refractivity contribution in [3.05, 3.63) is 59.1 Å². The Bertz CT molecular complexity index is 918. The van der Waals surface area contributed by atoms with Crippen LogP contribution in [0.5, 0.6) is 0 Å². The molecule has 5 nitrogen and oxygen atoms in total. The molecule has 1 fully saturated rings. The normalized spacial score (nSPS) is 17.1. The summed E-state index contributed by atoms with van der Waals surface area (Å²) in [6, 6.07) is 16.8. The maximum absolute atomic E-state index is 12.5. The minimum Gasteiger partial charge on any atom is -0.378 e. The molecule has 0 saturated carbocycles. The fourth-order valence-electron chi connectivity index (χ4n) is 3.68. The number of amides is 1. The van der Waals surface area contributed by atoms with Gasteiger partial charge in [-0.25, -0.2) is 4.98 Å². The van der Waals surface area contributed by atoms with E-state index < -0.39 is 0 Å². The first-order valence-corrected chi connectivity index (χ1v) is 10.5. The van der Waals surface area contributed by atoms with Crippen LogP contribution < -0.4 is 10.2 Å². The highest BCUT2D eigenvalue weighted by Gasteiger charge is 2.29. The third-order valence-electron chi connectivity index (χ3n) is 5.25. The fraction of sp³-hybridized carbons (Fsp3) is 0.364. The van der Waals surface area contributed by atoms with Crippen LogP contribution >= 0.6 is 11.3 Å². The predicted octanol–water partition coefficient (Wildman–Crippen LogP) is 3.82. The standard InChI is InChI=1S/C22H26N4OS/c1-25(2)17-11-9-16(10-12-17)14-23-21(27)15-26-13-5-7-19(26)22-24-18-6-3-4-8-20(18)28-22/h3-4,6,8-12,19H,5,7,13-15H2,1-2H3,(H,23,27). The van der Waals surface area contributed by atoms with Gasteiger partial charge in [0.05, 0.1) is 22.8 Å². The zero-order valence-electron chi connectivity index (χ0n) is 16.4. The number of carbonyl (C=O) groups is 1. The largest absolute Gasteiger partial charge is 0.378 e. The van der Waals surface area contributed by atoms with Gasteiger partial charge in [0, 0.05) is 26.3 Å². The van der Waals surface area contributed by atoms with Crippen molar-refractivity contribution in [3.8, 4) is 0 Å². The molecule has 2 heterocycles. The summed E-state index contributed by atoms with van der Waals surface area (Å²) in [5.74, 6) is 0.0738. The highest BCUT2D eigenvalue weighted by Crippen LogP contribution is 2.36. The van der Waals surface area contributed by atoms with E-state index in [1.807, 2.05) is 20.2 Å². The highest BCUT2D eigenvalue weighted by molar-refractivity contribution is 7.18. The van der Waals surface area contributed by atoms with Crippen LogP contribution in [0.1, 0.15) is 29.5 Å². The van der Waals surface area contributed by atoms with Gasteiger partial charge in [-0.1, -0.05) is 24.3 Å². The number of nitrogens with one attached hydrogen (secondary N) is 1. The Morgan fingerprint density at radius 1 is 1.21 bits per heavy atom. The maximum Gasteiger partial charge on any atom is 0.234 e. The van der Waals surface area contributed by atoms with Gasteiger partial charge >= 0.3 is 0 Å². The third kappa shape index (κ3) is 4.18. The molecular weight excluding hydrogens is 368 g/mol. The Morgan fingerprint density at radius 3 is 2.75 bits per heavy atom. The van der Waals surface area contributed by atoms with E-state index in [1.54, 1.807) is 11.3 Å². The predicted molar refractivity (Wildman–Crippen MR) is 116 cm³/mol. The quantitative estimate of drug-likeness (QED) is 0.691. The molecule has 1 saturated heterocycles. The molecule has 1 aromatic heterocycles. The molecule has 4 rings (SSSR count). The zero-order valence-corrected chi connectivity index (χ0v) is 17.2. The Hall–Kier alpha value is -2.44. The summed E-state index contributed by atoms with van der Waals surface area (Å²) in [6.07, 6.45) is 2.18. The molecule has 6 heteroatoms. The molecular formula is C22H26N4OS. The van der Waals surface area contributed by atoms with Gasteiger partial charge in [-0.05, 0) is 49.2 Å². The van der Waals surface area contributed by atoms with Crippen LogP contribution in [0.4, 0.5) is 5.69 Å². The second kappa shape index (κ2) is 8.29. The topological polar surface area (TPSA) is 48.5 Å². The molecule has 1 atom stereocenters. The number of likely N-dealkylation sites (tertiary alicyclic amines) is 1. The van der Waals surface area contributed by atoms with E-state index in [1.165, 1.54) is 4.70 Å². The van der Waals surface area contributed by atoms with Crippen LogP contribution in [0.3, 0.4) is 0 Å². The van der Waals surface area contributed by atoms with Crippen LogP contribution in [0, 0.1) is 0 Å². The van der Waals surface area contributed by atoms with Gasteiger partial charge in [-0.3, -0.25) is 9.69 Å². The molecule has 3 aromatic rings. The number of aromatic nitrogens is 1. The van der Waals surface area contributed by atoms with Gasteiger partial charge in [0.15, 0.2) is 0 Å². The van der Waals surface area contributed by atoms with Crippen molar-refractivity contribution in [1.29, 1.82) is 0 Å². The molecule has 0 spiro atoms. The zero-order chi connectivity index (χ0) is 19.5. The molecule has 1 unspecified atom stereocenters. The number of hydrogen-bond donors (Lipinski definition) is 1. The minimum absolute atomic E-state index is 0.0738. The van der Waals surface area contributed by atoms with Crippen LogP contribution in [0.15, 0.2) is 48.5 Å². The summed E-state index contributed by atoms with van der Waals surface area (Å²) in [5.41, 5.74) is 3.33. The van der Waals surface area contributed by atoms with Gasteiger partial charge < -0.3 is 10.2 Å². The number of hydrogen-bond acceptors (Lipinski definition) is 5. The van der Waals surface area contributed by atoms with Crippen molar-refractivity contribution < 1.29 is 4.79 Å². The van der Waals surface area contributed by atoms with Crippen molar-refractivity contribution in [3.63, 3.8) is 0 Å². The molecule has 1 aliphatic rings. The second-order valence-corrected chi connectivity index (χ2v) is 8.55. The average Bonchev–Trinajstić information content (AvgIpc) is 3.33. The lowest BCUT2D eigenvalue weighted by Crippen LogP contribution is -2.36. The monoisotopic (exact) mass is 394 g/mol. The lowest BCUT2D eigenvalue weighted by Gasteiger charge is -2.22. The van der Waals surface area contributed by atoms with Crippen molar-refractivity contribution >= 4 is 33.1 Å². The number of benzene rings is 2. The number of rotatable bonds is 6. The van der Waals surface area contributed by atoms with Crippen LogP contribution in [0.25, 0.3) is 10.2 Å². The molecule has 1 N–H and O–H groups in total. The number of para-hydroxylation sites is 1. The van der Waals surface area contributed by atoms with E-state index in [4.69, 9.17) is 4.98 Å². The number of anilines is 1. The minimum atomic E-state index is 0.0738. The molecule has 1 amide bonds. The number of carbonyl (C=O) groups excluding carboxylic acids is 1. The van der Waals surface area contributed by atoms with Crippen LogP contribution in [-0.2, 0) is 11.3 Å². The first-order chi connectivity index (χ1) is 13.6. The van der Waals surface area contributed by atoms with E-state index in [0.29, 0.717) is 13.1 Å². The van der Waals surface area contributed by atoms with Crippen LogP contribution in [0.2, 0.25) is 0 Å². The summed E-state index contributed by atoms with van der Waals surface area (Å²) >= 11 is 1.75. The van der Waals surface area contributed by atoms with Gasteiger partial charge in [0.25, 0.3) is 0 Å². The summed E-state index contributed by atoms with van der Waals surface area (Å²) in [7, 11) is 4.05. The van der Waals surface area contributed by atoms with E-state index in [9.17, 15) is 4.79 Å². The summed E-state index contributed by atoms with van der Waals surface area (Å²) in [4.78, 5) is 21.7. The van der Waals surface area contributed by atoms with Crippen LogP contribution in [-0.4, -0.2) is 43.0 Å². The number of nitrogens with zero attached hydrogens (tertiary/aromatic N) is 3. The third-order valence-corrected chi connectivity index (χ3v) is 6.39. The summed E-state index contributed by atoms with van der Waals surface area (Å²) in [5, 5.41) is 4.19. The summed E-state index contributed by atoms with van der Waals surface area (Å²) < 4.78 is 1.22. The van der Waals surface area contributed by atoms with E-state index in [-0.39, 0.29) is 11.9 Å². The van der Waals surface area contributed by atoms with Gasteiger partial charge in [0.1, 0.15) is 5.01 Å². The van der Waals surface area contributed by atoms with Gasteiger partial charge in [-0.2, -0.15) is 0 Å². The SMILES string of the molecule is CN(C)c1ccc(CNC(=O)CN2CCCC2c2nc3ccccc3s2)cc1. The van der Waals surface area contributed by atoms with E-state index in [2.05, 4.69) is 57.6 Å². The highest BCUT2D eigenvalue weighted by atomic mass is 32.1. The lowest BCUT2D eigenvalue weighted by atomic mass is 10.2. The summed E-state index contributed by atoms with van der Waals surface area (Å²) in [6.45, 7) is 1.94. The Balaban J connectivity index is 1.35. The average molecular weight is 395 g/mol. The Kier molecular flexibility index (Phi) is 5.59. The lowest BCUT2D eigenvalue weighted by molar-refractivity contribution is -0.122. The molecule has 2 aromatic carbocycles. The van der Waals surface area contributed by atoms with Crippen molar-refractivity contribution in [1.82, 2.24) is 15.2 Å². The van der Waals surface area contributed by atoms with Crippen molar-refractivity contribution in [2.45, 2.75) is 25.4 Å². The van der Waals surface area contributed by atoms with Crippen molar-refractivity contribution in [2.75, 3.05) is 32.1 Å². The molecule has 0 bridgehead atoms. The molecule has 146 valence electrons. The number of fused-ring (bicyclic) bond motifs is 1. The fourth-order valence-corrected chi connectivity index (χ4v) is 4.82. The Labute approximate surface area is 170 Å². The van der Waals surface area contributed by atoms with Gasteiger partial charge in [0.2, 0.25) is 5.91 Å².